The molecule has 3 nitrogen and oxygen atoms in total. The Labute approximate surface area is 215 Å². The molecule has 2 aliphatic rings. The molecule has 0 spiro atoms. The highest BCUT2D eigenvalue weighted by Crippen LogP contribution is 2.55. The molecule has 0 aromatic heterocycles. The van der Waals surface area contributed by atoms with Crippen LogP contribution in [0.15, 0.2) is 71.2 Å². The fourth-order valence-electron chi connectivity index (χ4n) is 5.04. The molecule has 0 fully saturated rings. The van der Waals surface area contributed by atoms with Crippen LogP contribution in [0.1, 0.15) is 40.6 Å². The average Bonchev–Trinajstić information content (AvgIpc) is 3.33. The van der Waals surface area contributed by atoms with Gasteiger partial charge in [-0.05, 0) is 69.2 Å². The Morgan fingerprint density at radius 3 is 2.60 bits per heavy atom. The molecule has 0 radical (unpaired) electrons. The highest BCUT2D eigenvalue weighted by molar-refractivity contribution is 9.10. The molecule has 3 atom stereocenters. The van der Waals surface area contributed by atoms with Crippen LogP contribution in [0.2, 0.25) is 5.02 Å². The maximum Gasteiger partial charge on any atom is 0.416 e. The molecule has 0 saturated carbocycles. The van der Waals surface area contributed by atoms with Crippen molar-refractivity contribution in [2.75, 3.05) is 12.4 Å². The zero-order chi connectivity index (χ0) is 24.7. The minimum absolute atomic E-state index is 0.102. The van der Waals surface area contributed by atoms with Gasteiger partial charge >= 0.3 is 6.18 Å². The molecular formula is C27H22BrClF3NO2. The van der Waals surface area contributed by atoms with Crippen LogP contribution < -0.4 is 14.8 Å². The van der Waals surface area contributed by atoms with Gasteiger partial charge in [-0.3, -0.25) is 0 Å². The Balaban J connectivity index is 1.52. The summed E-state index contributed by atoms with van der Waals surface area (Å²) in [4.78, 5) is 0. The van der Waals surface area contributed by atoms with Gasteiger partial charge in [-0.1, -0.05) is 54.1 Å². The zero-order valence-electron chi connectivity index (χ0n) is 18.7. The Bertz CT molecular complexity index is 1280. The predicted octanol–water partition coefficient (Wildman–Crippen LogP) is 8.54. The third kappa shape index (κ3) is 4.52. The number of rotatable bonds is 5. The summed E-state index contributed by atoms with van der Waals surface area (Å²) in [6.45, 7) is 0.370. The van der Waals surface area contributed by atoms with Crippen molar-refractivity contribution >= 4 is 33.2 Å². The number of hydrogen-bond donors (Lipinski definition) is 1. The van der Waals surface area contributed by atoms with E-state index in [9.17, 15) is 13.2 Å². The van der Waals surface area contributed by atoms with Crippen molar-refractivity contribution in [3.05, 3.63) is 98.5 Å². The van der Waals surface area contributed by atoms with Crippen molar-refractivity contribution in [3.63, 3.8) is 0 Å². The summed E-state index contributed by atoms with van der Waals surface area (Å²) < 4.78 is 53.9. The molecule has 35 heavy (non-hydrogen) atoms. The number of alkyl halides is 3. The third-order valence-corrected chi connectivity index (χ3v) is 7.52. The molecule has 1 N–H and O–H groups in total. The lowest BCUT2D eigenvalue weighted by Gasteiger charge is -2.39. The molecule has 1 heterocycles. The molecule has 1 aliphatic carbocycles. The first-order chi connectivity index (χ1) is 16.8. The number of nitrogens with one attached hydrogen (secondary N) is 1. The lowest BCUT2D eigenvalue weighted by atomic mass is 9.75. The number of halogens is 5. The summed E-state index contributed by atoms with van der Waals surface area (Å²) in [5.41, 5.74) is 1.80. The molecule has 0 bridgehead atoms. The summed E-state index contributed by atoms with van der Waals surface area (Å²) >= 11 is 10.0. The lowest BCUT2D eigenvalue weighted by molar-refractivity contribution is -0.138. The Kier molecular flexibility index (Phi) is 6.49. The van der Waals surface area contributed by atoms with Crippen molar-refractivity contribution in [2.45, 2.75) is 31.2 Å². The molecule has 1 aliphatic heterocycles. The largest absolute Gasteiger partial charge is 0.493 e. The Morgan fingerprint density at radius 2 is 1.89 bits per heavy atom. The first-order valence-corrected chi connectivity index (χ1v) is 12.3. The maximum atomic E-state index is 13.8. The molecule has 182 valence electrons. The standard InChI is InChI=1S/C27H22BrClF3NO2/c1-34-22-13-16(12-20(28)26(22)35-14-15-6-3-2-4-7-15)24-18-9-5-8-17(18)23-19(27(30,31)32)10-11-21(29)25(23)33-24/h2-8,10-13,17-18,24,33H,9,14H2,1H3/t17-,18-,24+/m0/s1. The minimum atomic E-state index is -4.46. The molecule has 0 amide bonds. The van der Waals surface area contributed by atoms with E-state index in [-0.39, 0.29) is 22.5 Å². The van der Waals surface area contributed by atoms with Crippen LogP contribution in [-0.2, 0) is 12.8 Å². The summed E-state index contributed by atoms with van der Waals surface area (Å²) in [7, 11) is 1.57. The van der Waals surface area contributed by atoms with E-state index in [1.807, 2.05) is 54.6 Å². The van der Waals surface area contributed by atoms with E-state index in [1.165, 1.54) is 6.07 Å². The van der Waals surface area contributed by atoms with Gasteiger partial charge in [0.05, 0.1) is 33.9 Å². The topological polar surface area (TPSA) is 30.5 Å². The van der Waals surface area contributed by atoms with Crippen molar-refractivity contribution in [3.8, 4) is 11.5 Å². The van der Waals surface area contributed by atoms with E-state index in [1.54, 1.807) is 7.11 Å². The van der Waals surface area contributed by atoms with Crippen molar-refractivity contribution in [1.29, 1.82) is 0 Å². The highest BCUT2D eigenvalue weighted by atomic mass is 79.9. The van der Waals surface area contributed by atoms with E-state index in [0.717, 1.165) is 17.2 Å². The normalized spacial score (nSPS) is 20.7. The van der Waals surface area contributed by atoms with Crippen LogP contribution in [0.25, 0.3) is 0 Å². The van der Waals surface area contributed by atoms with Gasteiger partial charge in [0, 0.05) is 5.92 Å². The van der Waals surface area contributed by atoms with Gasteiger partial charge in [0.1, 0.15) is 6.61 Å². The van der Waals surface area contributed by atoms with Crippen LogP contribution in [-0.4, -0.2) is 7.11 Å². The molecule has 5 rings (SSSR count). The van der Waals surface area contributed by atoms with Crippen molar-refractivity contribution in [2.24, 2.45) is 5.92 Å². The monoisotopic (exact) mass is 563 g/mol. The smallest absolute Gasteiger partial charge is 0.416 e. The van der Waals surface area contributed by atoms with E-state index >= 15 is 0 Å². The van der Waals surface area contributed by atoms with Crippen LogP contribution in [0, 0.1) is 5.92 Å². The number of methoxy groups -OCH3 is 1. The van der Waals surface area contributed by atoms with Gasteiger partial charge in [-0.2, -0.15) is 13.2 Å². The number of allylic oxidation sites excluding steroid dienone is 2. The van der Waals surface area contributed by atoms with E-state index in [2.05, 4.69) is 21.2 Å². The first kappa shape index (κ1) is 24.1. The average molecular weight is 565 g/mol. The van der Waals surface area contributed by atoms with Crippen LogP contribution >= 0.6 is 27.5 Å². The van der Waals surface area contributed by atoms with E-state index in [0.29, 0.717) is 34.7 Å². The second-order valence-corrected chi connectivity index (χ2v) is 9.93. The maximum absolute atomic E-state index is 13.8. The third-order valence-electron chi connectivity index (χ3n) is 6.61. The number of fused-ring (bicyclic) bond motifs is 3. The predicted molar refractivity (Wildman–Crippen MR) is 134 cm³/mol. The second-order valence-electron chi connectivity index (χ2n) is 8.67. The Morgan fingerprint density at radius 1 is 1.11 bits per heavy atom. The van der Waals surface area contributed by atoms with E-state index < -0.39 is 17.7 Å². The zero-order valence-corrected chi connectivity index (χ0v) is 21.0. The summed E-state index contributed by atoms with van der Waals surface area (Å²) in [6, 6.07) is 15.7. The number of ether oxygens (including phenoxy) is 2. The summed E-state index contributed by atoms with van der Waals surface area (Å²) in [5, 5.41) is 3.60. The molecule has 3 aromatic rings. The highest BCUT2D eigenvalue weighted by Gasteiger charge is 2.45. The lowest BCUT2D eigenvalue weighted by Crippen LogP contribution is -2.31. The molecule has 0 saturated heterocycles. The van der Waals surface area contributed by atoms with Crippen LogP contribution in [0.4, 0.5) is 18.9 Å². The van der Waals surface area contributed by atoms with Crippen molar-refractivity contribution in [1.82, 2.24) is 0 Å². The number of hydrogen-bond acceptors (Lipinski definition) is 3. The molecular weight excluding hydrogens is 543 g/mol. The summed E-state index contributed by atoms with van der Waals surface area (Å²) in [6.07, 6.45) is 0.00223. The van der Waals surface area contributed by atoms with Gasteiger partial charge in [0.2, 0.25) is 0 Å². The number of anilines is 1. The fourth-order valence-corrected chi connectivity index (χ4v) is 5.83. The summed E-state index contributed by atoms with van der Waals surface area (Å²) in [5.74, 6) is 0.602. The van der Waals surface area contributed by atoms with E-state index in [4.69, 9.17) is 21.1 Å². The van der Waals surface area contributed by atoms with Gasteiger partial charge < -0.3 is 14.8 Å². The molecule has 0 unspecified atom stereocenters. The quantitative estimate of drug-likeness (QED) is 0.315. The number of benzene rings is 3. The SMILES string of the molecule is COc1cc([C@H]2Nc3c(Cl)ccc(C(F)(F)F)c3[C@H]3C=CC[C@@H]32)cc(Br)c1OCc1ccccc1. The minimum Gasteiger partial charge on any atom is -0.493 e. The fraction of sp³-hybridized carbons (Fsp3) is 0.259. The van der Waals surface area contributed by atoms with Crippen LogP contribution in [0.5, 0.6) is 11.5 Å². The van der Waals surface area contributed by atoms with Gasteiger partial charge in [0.25, 0.3) is 0 Å². The van der Waals surface area contributed by atoms with Crippen molar-refractivity contribution < 1.29 is 22.6 Å². The second kappa shape index (κ2) is 9.43. The van der Waals surface area contributed by atoms with Crippen LogP contribution in [0.3, 0.4) is 0 Å². The Hall–Kier alpha value is -2.64. The van der Waals surface area contributed by atoms with Gasteiger partial charge in [-0.15, -0.1) is 0 Å². The van der Waals surface area contributed by atoms with Gasteiger partial charge in [-0.25, -0.2) is 0 Å². The first-order valence-electron chi connectivity index (χ1n) is 11.1. The molecule has 8 heteroatoms. The van der Waals surface area contributed by atoms with Gasteiger partial charge in [0.15, 0.2) is 11.5 Å². The molecule has 3 aromatic carbocycles.